The predicted molar refractivity (Wildman–Crippen MR) is 80.3 cm³/mol. The van der Waals surface area contributed by atoms with Gasteiger partial charge in [-0.2, -0.15) is 0 Å². The molecule has 10 heteroatoms. The van der Waals surface area contributed by atoms with Gasteiger partial charge in [-0.15, -0.1) is 11.3 Å². The summed E-state index contributed by atoms with van der Waals surface area (Å²) >= 11 is 1.14. The van der Waals surface area contributed by atoms with Crippen LogP contribution in [0.15, 0.2) is 28.5 Å². The Bertz CT molecular complexity index is 785. The van der Waals surface area contributed by atoms with E-state index in [-0.39, 0.29) is 21.4 Å². The zero-order valence-corrected chi connectivity index (χ0v) is 12.8. The molecule has 8 nitrogen and oxygen atoms in total. The standard InChI is InChI=1S/C11H12N4O4S2/c1-7-6-20-11(13-7)14-21(18,19)8-3-4-9(12-2)10(5-8)15(16)17/h3-6,12H,1-2H3,(H,13,14). The van der Waals surface area contributed by atoms with Crippen LogP contribution in [0, 0.1) is 17.0 Å². The lowest BCUT2D eigenvalue weighted by atomic mass is 10.3. The van der Waals surface area contributed by atoms with Crippen LogP contribution in [0.2, 0.25) is 0 Å². The van der Waals surface area contributed by atoms with Crippen LogP contribution in [-0.2, 0) is 10.0 Å². The van der Waals surface area contributed by atoms with Gasteiger partial charge in [-0.25, -0.2) is 13.4 Å². The fourth-order valence-corrected chi connectivity index (χ4v) is 3.58. The van der Waals surface area contributed by atoms with Gasteiger partial charge < -0.3 is 5.32 Å². The summed E-state index contributed by atoms with van der Waals surface area (Å²) in [5, 5.41) is 15.5. The molecule has 0 aliphatic heterocycles. The van der Waals surface area contributed by atoms with E-state index in [4.69, 9.17) is 0 Å². The van der Waals surface area contributed by atoms with Crippen molar-refractivity contribution >= 4 is 37.9 Å². The number of aryl methyl sites for hydroxylation is 1. The minimum absolute atomic E-state index is 0.193. The van der Waals surface area contributed by atoms with E-state index >= 15 is 0 Å². The number of sulfonamides is 1. The first kappa shape index (κ1) is 15.2. The Labute approximate surface area is 125 Å². The van der Waals surface area contributed by atoms with Crippen LogP contribution in [0.25, 0.3) is 0 Å². The molecule has 0 spiro atoms. The number of nitrogens with one attached hydrogen (secondary N) is 2. The average Bonchev–Trinajstić information content (AvgIpc) is 2.82. The van der Waals surface area contributed by atoms with Crippen LogP contribution >= 0.6 is 11.3 Å². The third kappa shape index (κ3) is 3.28. The van der Waals surface area contributed by atoms with Crippen LogP contribution < -0.4 is 10.0 Å². The molecule has 0 saturated heterocycles. The van der Waals surface area contributed by atoms with Crippen molar-refractivity contribution in [3.05, 3.63) is 39.4 Å². The number of thiazole rings is 1. The number of nitro groups is 1. The Morgan fingerprint density at radius 2 is 2.10 bits per heavy atom. The summed E-state index contributed by atoms with van der Waals surface area (Å²) in [4.78, 5) is 14.1. The number of anilines is 2. The molecule has 0 amide bonds. The number of hydrogen-bond acceptors (Lipinski definition) is 7. The molecule has 1 aromatic carbocycles. The van der Waals surface area contributed by atoms with Gasteiger partial charge in [0.2, 0.25) is 0 Å². The average molecular weight is 328 g/mol. The second-order valence-electron chi connectivity index (χ2n) is 4.09. The molecule has 0 radical (unpaired) electrons. The smallest absolute Gasteiger partial charge is 0.293 e. The number of nitrogens with zero attached hydrogens (tertiary/aromatic N) is 2. The summed E-state index contributed by atoms with van der Waals surface area (Å²) in [5.41, 5.74) is 0.619. The highest BCUT2D eigenvalue weighted by Gasteiger charge is 2.21. The zero-order valence-electron chi connectivity index (χ0n) is 11.2. The van der Waals surface area contributed by atoms with E-state index < -0.39 is 14.9 Å². The summed E-state index contributed by atoms with van der Waals surface area (Å²) in [6.07, 6.45) is 0. The second-order valence-corrected chi connectivity index (χ2v) is 6.63. The van der Waals surface area contributed by atoms with E-state index in [0.717, 1.165) is 17.4 Å². The molecule has 0 bridgehead atoms. The van der Waals surface area contributed by atoms with Gasteiger partial charge in [0.25, 0.3) is 15.7 Å². The lowest BCUT2D eigenvalue weighted by Gasteiger charge is -2.07. The second kappa shape index (κ2) is 5.66. The molecule has 112 valence electrons. The van der Waals surface area contributed by atoms with Crippen molar-refractivity contribution in [2.75, 3.05) is 17.1 Å². The molecule has 0 aliphatic rings. The molecule has 0 aliphatic carbocycles. The van der Waals surface area contributed by atoms with Crippen molar-refractivity contribution in [3.8, 4) is 0 Å². The van der Waals surface area contributed by atoms with Gasteiger partial charge >= 0.3 is 0 Å². The Kier molecular flexibility index (Phi) is 4.09. The van der Waals surface area contributed by atoms with Gasteiger partial charge in [-0.3, -0.25) is 14.8 Å². The monoisotopic (exact) mass is 328 g/mol. The summed E-state index contributed by atoms with van der Waals surface area (Å²) in [6.45, 7) is 1.74. The SMILES string of the molecule is CNc1ccc(S(=O)(=O)Nc2nc(C)cs2)cc1[N+](=O)[O-]. The van der Waals surface area contributed by atoms with E-state index in [1.807, 2.05) is 0 Å². The molecule has 1 aromatic heterocycles. The van der Waals surface area contributed by atoms with Gasteiger partial charge in [0, 0.05) is 18.5 Å². The highest BCUT2D eigenvalue weighted by Crippen LogP contribution is 2.28. The number of rotatable bonds is 5. The van der Waals surface area contributed by atoms with Crippen LogP contribution in [0.5, 0.6) is 0 Å². The zero-order chi connectivity index (χ0) is 15.6. The Balaban J connectivity index is 2.40. The summed E-state index contributed by atoms with van der Waals surface area (Å²) in [7, 11) is -2.39. The summed E-state index contributed by atoms with van der Waals surface area (Å²) in [6, 6.07) is 3.65. The van der Waals surface area contributed by atoms with Crippen molar-refractivity contribution < 1.29 is 13.3 Å². The Morgan fingerprint density at radius 3 is 2.62 bits per heavy atom. The quantitative estimate of drug-likeness (QED) is 0.642. The molecular weight excluding hydrogens is 316 g/mol. The van der Waals surface area contributed by atoms with Crippen molar-refractivity contribution in [2.45, 2.75) is 11.8 Å². The third-order valence-corrected chi connectivity index (χ3v) is 4.93. The van der Waals surface area contributed by atoms with Crippen molar-refractivity contribution in [1.29, 1.82) is 0 Å². The van der Waals surface area contributed by atoms with E-state index in [9.17, 15) is 18.5 Å². The van der Waals surface area contributed by atoms with Crippen molar-refractivity contribution in [3.63, 3.8) is 0 Å². The van der Waals surface area contributed by atoms with Crippen LogP contribution in [-0.4, -0.2) is 25.4 Å². The number of hydrogen-bond donors (Lipinski definition) is 2. The fourth-order valence-electron chi connectivity index (χ4n) is 1.62. The fraction of sp³-hybridized carbons (Fsp3) is 0.182. The van der Waals surface area contributed by atoms with Gasteiger partial charge in [-0.05, 0) is 19.1 Å². The molecule has 0 fully saturated rings. The lowest BCUT2D eigenvalue weighted by Crippen LogP contribution is -2.13. The van der Waals surface area contributed by atoms with Gasteiger partial charge in [0.1, 0.15) is 5.69 Å². The molecule has 1 heterocycles. The molecule has 2 aromatic rings. The number of benzene rings is 1. The maximum atomic E-state index is 12.2. The minimum Gasteiger partial charge on any atom is -0.383 e. The maximum absolute atomic E-state index is 12.2. The normalized spacial score (nSPS) is 11.1. The lowest BCUT2D eigenvalue weighted by molar-refractivity contribution is -0.384. The van der Waals surface area contributed by atoms with Gasteiger partial charge in [-0.1, -0.05) is 0 Å². The van der Waals surface area contributed by atoms with E-state index in [2.05, 4.69) is 15.0 Å². The molecule has 21 heavy (non-hydrogen) atoms. The Morgan fingerprint density at radius 1 is 1.38 bits per heavy atom. The first-order valence-corrected chi connectivity index (χ1v) is 8.11. The molecule has 0 unspecified atom stereocenters. The Hall–Kier alpha value is -2.20. The number of aromatic nitrogens is 1. The van der Waals surface area contributed by atoms with E-state index in [1.165, 1.54) is 19.2 Å². The topological polar surface area (TPSA) is 114 Å². The first-order valence-electron chi connectivity index (χ1n) is 5.74. The summed E-state index contributed by atoms with van der Waals surface area (Å²) < 4.78 is 26.7. The maximum Gasteiger partial charge on any atom is 0.293 e. The van der Waals surface area contributed by atoms with Gasteiger partial charge in [0.15, 0.2) is 5.13 Å². The van der Waals surface area contributed by atoms with Crippen molar-refractivity contribution in [1.82, 2.24) is 4.98 Å². The number of nitro benzene ring substituents is 1. The molecule has 0 saturated carbocycles. The predicted octanol–water partition coefficient (Wildman–Crippen LogP) is 2.20. The van der Waals surface area contributed by atoms with Gasteiger partial charge in [0.05, 0.1) is 15.5 Å². The molecule has 2 rings (SSSR count). The first-order chi connectivity index (χ1) is 9.83. The van der Waals surface area contributed by atoms with Crippen LogP contribution in [0.4, 0.5) is 16.5 Å². The minimum atomic E-state index is -3.92. The third-order valence-electron chi connectivity index (χ3n) is 2.59. The highest BCUT2D eigenvalue weighted by atomic mass is 32.2. The van der Waals surface area contributed by atoms with Crippen molar-refractivity contribution in [2.24, 2.45) is 0 Å². The van der Waals surface area contributed by atoms with Crippen LogP contribution in [0.3, 0.4) is 0 Å². The molecule has 2 N–H and O–H groups in total. The molecular formula is C11H12N4O4S2. The largest absolute Gasteiger partial charge is 0.383 e. The van der Waals surface area contributed by atoms with Crippen LogP contribution in [0.1, 0.15) is 5.69 Å². The highest BCUT2D eigenvalue weighted by molar-refractivity contribution is 7.93. The summed E-state index contributed by atoms with van der Waals surface area (Å²) in [5.74, 6) is 0. The molecule has 0 atom stereocenters. The van der Waals surface area contributed by atoms with E-state index in [1.54, 1.807) is 12.3 Å². The van der Waals surface area contributed by atoms with E-state index in [0.29, 0.717) is 5.69 Å².